The lowest BCUT2D eigenvalue weighted by atomic mass is 10.3. The molecule has 0 amide bonds. The van der Waals surface area contributed by atoms with Crippen molar-refractivity contribution in [3.63, 3.8) is 0 Å². The van der Waals surface area contributed by atoms with Crippen LogP contribution in [0.5, 0.6) is 0 Å². The van der Waals surface area contributed by atoms with Gasteiger partial charge in [-0.3, -0.25) is 5.10 Å². The molecule has 0 aromatic carbocycles. The fourth-order valence-corrected chi connectivity index (χ4v) is 0.695. The molecule has 1 aromatic heterocycles. The van der Waals surface area contributed by atoms with E-state index in [1.807, 2.05) is 32.1 Å². The molecule has 1 aromatic rings. The van der Waals surface area contributed by atoms with Gasteiger partial charge in [-0.05, 0) is 26.0 Å². The Bertz CT molecular complexity index is 215. The monoisotopic (exact) mass is 124 g/mol. The second-order valence-electron chi connectivity index (χ2n) is 1.98. The summed E-state index contributed by atoms with van der Waals surface area (Å²) >= 11 is 0. The van der Waals surface area contributed by atoms with Gasteiger partial charge in [-0.15, -0.1) is 0 Å². The summed E-state index contributed by atoms with van der Waals surface area (Å²) in [6.45, 7) is 3.96. The van der Waals surface area contributed by atoms with Crippen LogP contribution in [0.25, 0.3) is 6.08 Å². The number of hydrogen-bond donors (Lipinski definition) is 1. The Labute approximate surface area is 56.1 Å². The topological polar surface area (TPSA) is 28.7 Å². The number of hydrogen-bond acceptors (Lipinski definition) is 1. The normalized spacial score (nSPS) is 10.9. The van der Waals surface area contributed by atoms with Gasteiger partial charge in [-0.1, -0.05) is 6.08 Å². The zero-order valence-electron chi connectivity index (χ0n) is 5.68. The van der Waals surface area contributed by atoms with Crippen molar-refractivity contribution in [2.75, 3.05) is 0 Å². The summed E-state index contributed by atoms with van der Waals surface area (Å²) in [5, 5.41) is 6.85. The van der Waals surface area contributed by atoms with E-state index in [4.69, 9.17) is 0 Å². The van der Waals surface area contributed by atoms with E-state index in [0.29, 0.717) is 0 Å². The van der Waals surface area contributed by atoms with E-state index < -0.39 is 0 Å². The Balaban J connectivity index is 0.000000810. The molecule has 0 aliphatic carbocycles. The number of aromatic amines is 1. The van der Waals surface area contributed by atoms with Gasteiger partial charge >= 0.3 is 0 Å². The molecule has 0 radical (unpaired) electrons. The third-order valence-corrected chi connectivity index (χ3v) is 1.06. The maximum atomic E-state index is 3.99. The number of rotatable bonds is 1. The van der Waals surface area contributed by atoms with E-state index in [0.717, 1.165) is 11.4 Å². The van der Waals surface area contributed by atoms with Crippen LogP contribution in [0.1, 0.15) is 19.7 Å². The van der Waals surface area contributed by atoms with E-state index in [-0.39, 0.29) is 1.43 Å². The van der Waals surface area contributed by atoms with Crippen molar-refractivity contribution in [2.24, 2.45) is 0 Å². The van der Waals surface area contributed by atoms with Crippen molar-refractivity contribution in [3.05, 3.63) is 23.5 Å². The molecule has 0 unspecified atom stereocenters. The first-order valence-corrected chi connectivity index (χ1v) is 2.97. The van der Waals surface area contributed by atoms with Gasteiger partial charge < -0.3 is 0 Å². The molecular formula is C7H12N2. The van der Waals surface area contributed by atoms with Crippen LogP contribution in [0.4, 0.5) is 0 Å². The van der Waals surface area contributed by atoms with Crippen molar-refractivity contribution < 1.29 is 1.43 Å². The summed E-state index contributed by atoms with van der Waals surface area (Å²) < 4.78 is 0. The van der Waals surface area contributed by atoms with Crippen molar-refractivity contribution in [2.45, 2.75) is 13.8 Å². The lowest BCUT2D eigenvalue weighted by Gasteiger charge is -1.74. The number of H-pyrrole nitrogens is 1. The van der Waals surface area contributed by atoms with Crippen molar-refractivity contribution in [1.29, 1.82) is 0 Å². The summed E-state index contributed by atoms with van der Waals surface area (Å²) in [6, 6.07) is 2.00. The SMILES string of the molecule is C/C=C\c1cc(C)[nH]n1.[HH]. The predicted octanol–water partition coefficient (Wildman–Crippen LogP) is 2.00. The molecule has 0 fully saturated rings. The van der Waals surface area contributed by atoms with Gasteiger partial charge in [-0.2, -0.15) is 5.10 Å². The van der Waals surface area contributed by atoms with Crippen LogP contribution in [0, 0.1) is 6.92 Å². The van der Waals surface area contributed by atoms with E-state index in [1.54, 1.807) is 0 Å². The Morgan fingerprint density at radius 3 is 3.00 bits per heavy atom. The maximum absolute atomic E-state index is 3.99. The molecule has 9 heavy (non-hydrogen) atoms. The zero-order chi connectivity index (χ0) is 6.69. The highest BCUT2D eigenvalue weighted by molar-refractivity contribution is 5.43. The molecule has 0 aliphatic rings. The number of nitrogens with one attached hydrogen (secondary N) is 1. The number of allylic oxidation sites excluding steroid dienone is 1. The first-order chi connectivity index (χ1) is 4.33. The summed E-state index contributed by atoms with van der Waals surface area (Å²) in [6.07, 6.45) is 3.93. The minimum absolute atomic E-state index is 0. The zero-order valence-corrected chi connectivity index (χ0v) is 5.68. The highest BCUT2D eigenvalue weighted by atomic mass is 15.1. The van der Waals surface area contributed by atoms with Crippen LogP contribution in [0.2, 0.25) is 0 Å². The van der Waals surface area contributed by atoms with Crippen LogP contribution < -0.4 is 0 Å². The highest BCUT2D eigenvalue weighted by Crippen LogP contribution is 1.98. The van der Waals surface area contributed by atoms with E-state index in [9.17, 15) is 0 Å². The molecule has 0 aliphatic heterocycles. The Morgan fingerprint density at radius 2 is 2.56 bits per heavy atom. The molecule has 0 saturated heterocycles. The van der Waals surface area contributed by atoms with Crippen LogP contribution in [0.15, 0.2) is 12.1 Å². The van der Waals surface area contributed by atoms with Gasteiger partial charge in [0.15, 0.2) is 0 Å². The maximum Gasteiger partial charge on any atom is 0.0847 e. The second-order valence-corrected chi connectivity index (χ2v) is 1.98. The molecular weight excluding hydrogens is 112 g/mol. The first-order valence-electron chi connectivity index (χ1n) is 2.97. The molecule has 2 heteroatoms. The molecule has 50 valence electrons. The smallest absolute Gasteiger partial charge is 0.0847 e. The fourth-order valence-electron chi connectivity index (χ4n) is 0.695. The Kier molecular flexibility index (Phi) is 1.68. The molecule has 2 nitrogen and oxygen atoms in total. The lowest BCUT2D eigenvalue weighted by Crippen LogP contribution is -1.69. The molecule has 1 N–H and O–H groups in total. The second kappa shape index (κ2) is 2.49. The number of aryl methyl sites for hydroxylation is 1. The third kappa shape index (κ3) is 1.42. The summed E-state index contributed by atoms with van der Waals surface area (Å²) in [5.41, 5.74) is 2.10. The third-order valence-electron chi connectivity index (χ3n) is 1.06. The summed E-state index contributed by atoms with van der Waals surface area (Å²) in [5.74, 6) is 0. The van der Waals surface area contributed by atoms with Gasteiger partial charge in [0.1, 0.15) is 0 Å². The molecule has 0 saturated carbocycles. The van der Waals surface area contributed by atoms with Crippen LogP contribution in [0.3, 0.4) is 0 Å². The summed E-state index contributed by atoms with van der Waals surface area (Å²) in [7, 11) is 0. The van der Waals surface area contributed by atoms with Gasteiger partial charge in [0.2, 0.25) is 0 Å². The summed E-state index contributed by atoms with van der Waals surface area (Å²) in [4.78, 5) is 0. The van der Waals surface area contributed by atoms with Gasteiger partial charge in [0.05, 0.1) is 5.69 Å². The lowest BCUT2D eigenvalue weighted by molar-refractivity contribution is 1.04. The molecule has 1 rings (SSSR count). The fraction of sp³-hybridized carbons (Fsp3) is 0.286. The molecule has 0 atom stereocenters. The van der Waals surface area contributed by atoms with Crippen molar-refractivity contribution in [3.8, 4) is 0 Å². The van der Waals surface area contributed by atoms with Gasteiger partial charge in [0, 0.05) is 7.12 Å². The van der Waals surface area contributed by atoms with Crippen LogP contribution in [-0.4, -0.2) is 10.2 Å². The quantitative estimate of drug-likeness (QED) is 0.609. The minimum atomic E-state index is 0. The van der Waals surface area contributed by atoms with Gasteiger partial charge in [-0.25, -0.2) is 0 Å². The average Bonchev–Trinajstić information content (AvgIpc) is 2.17. The predicted molar refractivity (Wildman–Crippen MR) is 40.1 cm³/mol. The molecule has 0 bridgehead atoms. The molecule has 1 heterocycles. The molecule has 0 spiro atoms. The number of aromatic nitrogens is 2. The largest absolute Gasteiger partial charge is 0.282 e. The van der Waals surface area contributed by atoms with E-state index in [2.05, 4.69) is 10.2 Å². The van der Waals surface area contributed by atoms with E-state index in [1.165, 1.54) is 0 Å². The number of nitrogens with zero attached hydrogens (tertiary/aromatic N) is 1. The average molecular weight is 124 g/mol. The van der Waals surface area contributed by atoms with Crippen LogP contribution in [-0.2, 0) is 0 Å². The Hall–Kier alpha value is -1.05. The standard InChI is InChI=1S/C7H10N2.H2/c1-3-4-7-5-6(2)8-9-7;/h3-5H,1-2H3,(H,8,9);1H/b4-3-;. The van der Waals surface area contributed by atoms with E-state index >= 15 is 0 Å². The van der Waals surface area contributed by atoms with Crippen LogP contribution >= 0.6 is 0 Å². The van der Waals surface area contributed by atoms with Crippen molar-refractivity contribution in [1.82, 2.24) is 10.2 Å². The first kappa shape index (κ1) is 6.08. The van der Waals surface area contributed by atoms with Crippen molar-refractivity contribution >= 4 is 6.08 Å². The highest BCUT2D eigenvalue weighted by Gasteiger charge is 1.88. The minimum Gasteiger partial charge on any atom is -0.282 e. The Morgan fingerprint density at radius 1 is 1.78 bits per heavy atom. The van der Waals surface area contributed by atoms with Gasteiger partial charge in [0.25, 0.3) is 0 Å².